The molecule has 0 aliphatic carbocycles. The van der Waals surface area contributed by atoms with Crippen molar-refractivity contribution >= 4 is 40.2 Å². The molecule has 2 aromatic rings. The lowest BCUT2D eigenvalue weighted by atomic mass is 10.1. The first-order valence-electron chi connectivity index (χ1n) is 5.61. The Hall–Kier alpha value is -1.65. The summed E-state index contributed by atoms with van der Waals surface area (Å²) >= 11 is 11.0. The molecule has 0 bridgehead atoms. The average molecular weight is 295 g/mol. The molecular weight excluding hydrogens is 283 g/mol. The molecule has 3 N–H and O–H groups in total. The van der Waals surface area contributed by atoms with E-state index in [9.17, 15) is 4.39 Å². The van der Waals surface area contributed by atoms with Crippen LogP contribution in [0.25, 0.3) is 0 Å². The van der Waals surface area contributed by atoms with Crippen molar-refractivity contribution in [1.29, 1.82) is 0 Å². The number of rotatable bonds is 3. The maximum absolute atomic E-state index is 13.8. The normalized spacial score (nSPS) is 10.3. The predicted molar refractivity (Wildman–Crippen MR) is 81.8 cm³/mol. The van der Waals surface area contributed by atoms with E-state index in [1.165, 1.54) is 6.07 Å². The van der Waals surface area contributed by atoms with E-state index in [4.69, 9.17) is 29.6 Å². The van der Waals surface area contributed by atoms with Crippen LogP contribution in [-0.4, -0.2) is 4.99 Å². The number of halogens is 2. The summed E-state index contributed by atoms with van der Waals surface area (Å²) in [5.74, 6) is -0.339. The highest BCUT2D eigenvalue weighted by molar-refractivity contribution is 7.80. The molecule has 5 heteroatoms. The van der Waals surface area contributed by atoms with Gasteiger partial charge in [-0.05, 0) is 30.7 Å². The van der Waals surface area contributed by atoms with Crippen LogP contribution < -0.4 is 11.1 Å². The summed E-state index contributed by atoms with van der Waals surface area (Å²) in [5, 5.41) is 3.44. The molecular formula is C14H12ClFN2S. The lowest BCUT2D eigenvalue weighted by molar-refractivity contribution is 0.631. The van der Waals surface area contributed by atoms with Crippen LogP contribution in [0.5, 0.6) is 0 Å². The average Bonchev–Trinajstić information content (AvgIpc) is 2.33. The molecule has 0 unspecified atom stereocenters. The summed E-state index contributed by atoms with van der Waals surface area (Å²) in [7, 11) is 0. The number of nitrogens with one attached hydrogen (secondary N) is 1. The van der Waals surface area contributed by atoms with Gasteiger partial charge in [-0.15, -0.1) is 0 Å². The van der Waals surface area contributed by atoms with Gasteiger partial charge in [0.1, 0.15) is 10.8 Å². The summed E-state index contributed by atoms with van der Waals surface area (Å²) in [5.41, 5.74) is 7.94. The zero-order chi connectivity index (χ0) is 14.0. The predicted octanol–water partition coefficient (Wildman–Crippen LogP) is 4.17. The van der Waals surface area contributed by atoms with Crippen molar-refractivity contribution in [1.82, 2.24) is 0 Å². The van der Waals surface area contributed by atoms with E-state index in [0.29, 0.717) is 22.0 Å². The molecule has 19 heavy (non-hydrogen) atoms. The Kier molecular flexibility index (Phi) is 4.02. The molecule has 2 nitrogen and oxygen atoms in total. The van der Waals surface area contributed by atoms with E-state index in [1.807, 2.05) is 13.0 Å². The quantitative estimate of drug-likeness (QED) is 0.835. The number of aryl methyl sites for hydroxylation is 1. The fourth-order valence-corrected chi connectivity index (χ4v) is 2.36. The summed E-state index contributed by atoms with van der Waals surface area (Å²) < 4.78 is 13.8. The van der Waals surface area contributed by atoms with Gasteiger partial charge >= 0.3 is 0 Å². The van der Waals surface area contributed by atoms with E-state index in [2.05, 4.69) is 5.32 Å². The third-order valence-corrected chi connectivity index (χ3v) is 3.26. The van der Waals surface area contributed by atoms with E-state index in [-0.39, 0.29) is 10.8 Å². The molecule has 0 aliphatic heterocycles. The van der Waals surface area contributed by atoms with Crippen molar-refractivity contribution in [3.05, 3.63) is 58.4 Å². The largest absolute Gasteiger partial charge is 0.389 e. The molecule has 0 spiro atoms. The minimum atomic E-state index is -0.339. The molecule has 0 saturated heterocycles. The standard InChI is InChI=1S/C14H12ClFN2S/c1-8-4-2-6-10(16)13(8)18-11-7-3-5-9(15)12(11)14(17)19/h2-7,18H,1H3,(H2,17,19). The minimum Gasteiger partial charge on any atom is -0.389 e. The number of hydrogen-bond acceptors (Lipinski definition) is 2. The summed E-state index contributed by atoms with van der Waals surface area (Å²) in [6.45, 7) is 1.82. The molecule has 0 aromatic heterocycles. The Labute approximate surface area is 121 Å². The molecule has 2 aromatic carbocycles. The maximum Gasteiger partial charge on any atom is 0.146 e. The van der Waals surface area contributed by atoms with E-state index >= 15 is 0 Å². The molecule has 0 saturated carbocycles. The maximum atomic E-state index is 13.8. The number of para-hydroxylation sites is 1. The molecule has 0 fully saturated rings. The van der Waals surface area contributed by atoms with E-state index in [0.717, 1.165) is 5.56 Å². The van der Waals surface area contributed by atoms with Gasteiger partial charge in [-0.2, -0.15) is 0 Å². The van der Waals surface area contributed by atoms with Gasteiger partial charge in [-0.1, -0.05) is 42.0 Å². The van der Waals surface area contributed by atoms with Gasteiger partial charge in [0.15, 0.2) is 0 Å². The van der Waals surface area contributed by atoms with Crippen LogP contribution in [0.3, 0.4) is 0 Å². The highest BCUT2D eigenvalue weighted by Gasteiger charge is 2.12. The van der Waals surface area contributed by atoms with Crippen molar-refractivity contribution in [2.24, 2.45) is 5.73 Å². The van der Waals surface area contributed by atoms with Crippen molar-refractivity contribution in [2.45, 2.75) is 6.92 Å². The van der Waals surface area contributed by atoms with Crippen LogP contribution in [0.1, 0.15) is 11.1 Å². The third-order valence-electron chi connectivity index (χ3n) is 2.74. The number of anilines is 2. The van der Waals surface area contributed by atoms with Crippen molar-refractivity contribution in [3.8, 4) is 0 Å². The Morgan fingerprint density at radius 1 is 1.26 bits per heavy atom. The van der Waals surface area contributed by atoms with Gasteiger partial charge in [0.25, 0.3) is 0 Å². The van der Waals surface area contributed by atoms with Crippen LogP contribution in [0.4, 0.5) is 15.8 Å². The second-order valence-electron chi connectivity index (χ2n) is 4.08. The fourth-order valence-electron chi connectivity index (χ4n) is 1.80. The Bertz CT molecular complexity index is 623. The Morgan fingerprint density at radius 2 is 1.95 bits per heavy atom. The lowest BCUT2D eigenvalue weighted by Gasteiger charge is -2.14. The molecule has 0 heterocycles. The van der Waals surface area contributed by atoms with Crippen LogP contribution in [0, 0.1) is 12.7 Å². The molecule has 0 aliphatic rings. The van der Waals surface area contributed by atoms with Crippen LogP contribution in [0.2, 0.25) is 5.02 Å². The first-order valence-corrected chi connectivity index (χ1v) is 6.40. The second kappa shape index (κ2) is 5.55. The summed E-state index contributed by atoms with van der Waals surface area (Å²) in [6.07, 6.45) is 0. The van der Waals surface area contributed by atoms with Crippen LogP contribution >= 0.6 is 23.8 Å². The second-order valence-corrected chi connectivity index (χ2v) is 4.93. The summed E-state index contributed by atoms with van der Waals surface area (Å²) in [6, 6.07) is 10.1. The highest BCUT2D eigenvalue weighted by Crippen LogP contribution is 2.29. The van der Waals surface area contributed by atoms with Gasteiger partial charge in [0.05, 0.1) is 22.0 Å². The van der Waals surface area contributed by atoms with Crippen molar-refractivity contribution in [2.75, 3.05) is 5.32 Å². The van der Waals surface area contributed by atoms with Crippen LogP contribution in [-0.2, 0) is 0 Å². The van der Waals surface area contributed by atoms with Gasteiger partial charge in [0, 0.05) is 0 Å². The molecule has 0 amide bonds. The SMILES string of the molecule is Cc1cccc(F)c1Nc1cccc(Cl)c1C(N)=S. The highest BCUT2D eigenvalue weighted by atomic mass is 35.5. The number of hydrogen-bond donors (Lipinski definition) is 2. The lowest BCUT2D eigenvalue weighted by Crippen LogP contribution is -2.13. The van der Waals surface area contributed by atoms with Gasteiger partial charge in [0.2, 0.25) is 0 Å². The first-order chi connectivity index (χ1) is 9.00. The topological polar surface area (TPSA) is 38.0 Å². The zero-order valence-corrected chi connectivity index (χ0v) is 11.8. The molecule has 0 radical (unpaired) electrons. The molecule has 2 rings (SSSR count). The Morgan fingerprint density at radius 3 is 2.58 bits per heavy atom. The minimum absolute atomic E-state index is 0.169. The monoisotopic (exact) mass is 294 g/mol. The van der Waals surface area contributed by atoms with Gasteiger partial charge in [-0.3, -0.25) is 0 Å². The third kappa shape index (κ3) is 2.85. The summed E-state index contributed by atoms with van der Waals surface area (Å²) in [4.78, 5) is 0.169. The van der Waals surface area contributed by atoms with E-state index < -0.39 is 0 Å². The first kappa shape index (κ1) is 13.8. The fraction of sp³-hybridized carbons (Fsp3) is 0.0714. The molecule has 98 valence electrons. The van der Waals surface area contributed by atoms with Crippen molar-refractivity contribution in [3.63, 3.8) is 0 Å². The number of benzene rings is 2. The van der Waals surface area contributed by atoms with Gasteiger partial charge < -0.3 is 11.1 Å². The number of nitrogens with two attached hydrogens (primary N) is 1. The smallest absolute Gasteiger partial charge is 0.146 e. The number of thiocarbonyl (C=S) groups is 1. The van der Waals surface area contributed by atoms with Gasteiger partial charge in [-0.25, -0.2) is 4.39 Å². The zero-order valence-electron chi connectivity index (χ0n) is 10.2. The molecule has 0 atom stereocenters. The van der Waals surface area contributed by atoms with Crippen LogP contribution in [0.15, 0.2) is 36.4 Å². The van der Waals surface area contributed by atoms with Crippen molar-refractivity contribution < 1.29 is 4.39 Å². The Balaban J connectivity index is 2.50. The van der Waals surface area contributed by atoms with E-state index in [1.54, 1.807) is 24.3 Å².